The van der Waals surface area contributed by atoms with E-state index in [1.54, 1.807) is 4.68 Å². The van der Waals surface area contributed by atoms with Gasteiger partial charge >= 0.3 is 0 Å². The number of piperidine rings is 1. The van der Waals surface area contributed by atoms with E-state index >= 15 is 0 Å². The fourth-order valence-electron chi connectivity index (χ4n) is 4.13. The summed E-state index contributed by atoms with van der Waals surface area (Å²) in [7, 11) is 1.92. The number of aromatic nitrogens is 2. The van der Waals surface area contributed by atoms with Crippen molar-refractivity contribution >= 4 is 21.8 Å². The fourth-order valence-corrected chi connectivity index (χ4v) is 4.50. The standard InChI is InChI=1S/C24H27BrN4O/c1-16-20(9-6-10-21(16)25)24(30)28-23(22-11-3-4-12-26-22)18-8-5-7-17(13-18)19-14-27-29(2)15-19/h5-10,13-15,22-23,26H,3-4,11-12H2,1-2H3,(H,28,30)/t22-,23-/m0/s1. The number of nitrogens with one attached hydrogen (secondary N) is 2. The fraction of sp³-hybridized carbons (Fsp3) is 0.333. The molecule has 1 aliphatic rings. The number of aryl methyl sites for hydroxylation is 1. The van der Waals surface area contributed by atoms with Crippen LogP contribution in [0.25, 0.3) is 11.1 Å². The lowest BCUT2D eigenvalue weighted by Crippen LogP contribution is -2.46. The first-order valence-electron chi connectivity index (χ1n) is 10.4. The predicted molar refractivity (Wildman–Crippen MR) is 123 cm³/mol. The normalized spacial score (nSPS) is 17.5. The van der Waals surface area contributed by atoms with Crippen LogP contribution in [0.1, 0.15) is 46.8 Å². The number of benzene rings is 2. The van der Waals surface area contributed by atoms with Crippen LogP contribution < -0.4 is 10.6 Å². The molecule has 0 bridgehead atoms. The Morgan fingerprint density at radius 2 is 2.07 bits per heavy atom. The molecule has 1 aliphatic heterocycles. The van der Waals surface area contributed by atoms with Gasteiger partial charge in [0.1, 0.15) is 0 Å². The topological polar surface area (TPSA) is 59.0 Å². The molecule has 0 spiro atoms. The van der Waals surface area contributed by atoms with E-state index in [1.165, 1.54) is 12.8 Å². The molecule has 2 N–H and O–H groups in total. The van der Waals surface area contributed by atoms with Crippen LogP contribution >= 0.6 is 15.9 Å². The van der Waals surface area contributed by atoms with Crippen molar-refractivity contribution in [3.8, 4) is 11.1 Å². The van der Waals surface area contributed by atoms with E-state index in [1.807, 2.05) is 44.6 Å². The maximum absolute atomic E-state index is 13.2. The number of amides is 1. The first-order chi connectivity index (χ1) is 14.5. The highest BCUT2D eigenvalue weighted by molar-refractivity contribution is 9.10. The SMILES string of the molecule is Cc1c(Br)cccc1C(=O)N[C@@H](c1cccc(-c2cnn(C)c2)c1)[C@@H]1CCCCN1. The highest BCUT2D eigenvalue weighted by Crippen LogP contribution is 2.28. The number of carbonyl (C=O) groups excluding carboxylic acids is 1. The van der Waals surface area contributed by atoms with Crippen LogP contribution in [-0.2, 0) is 7.05 Å². The summed E-state index contributed by atoms with van der Waals surface area (Å²) in [5, 5.41) is 11.2. The van der Waals surface area contributed by atoms with Gasteiger partial charge < -0.3 is 10.6 Å². The van der Waals surface area contributed by atoms with E-state index in [9.17, 15) is 4.79 Å². The van der Waals surface area contributed by atoms with Gasteiger partial charge in [0.05, 0.1) is 12.2 Å². The average molecular weight is 467 g/mol. The van der Waals surface area contributed by atoms with Crippen LogP contribution in [-0.4, -0.2) is 28.3 Å². The van der Waals surface area contributed by atoms with Gasteiger partial charge in [0.2, 0.25) is 0 Å². The maximum Gasteiger partial charge on any atom is 0.252 e. The third-order valence-corrected chi connectivity index (χ3v) is 6.69. The van der Waals surface area contributed by atoms with Gasteiger partial charge in [-0.3, -0.25) is 9.48 Å². The number of nitrogens with zero attached hydrogens (tertiary/aromatic N) is 2. The Balaban J connectivity index is 1.66. The van der Waals surface area contributed by atoms with Crippen LogP contribution in [0.15, 0.2) is 59.3 Å². The quantitative estimate of drug-likeness (QED) is 0.569. The molecule has 156 valence electrons. The average Bonchev–Trinajstić information content (AvgIpc) is 3.21. The number of halogens is 1. The zero-order valence-electron chi connectivity index (χ0n) is 17.4. The minimum atomic E-state index is -0.104. The highest BCUT2D eigenvalue weighted by atomic mass is 79.9. The van der Waals surface area contributed by atoms with Crippen molar-refractivity contribution in [1.29, 1.82) is 0 Å². The monoisotopic (exact) mass is 466 g/mol. The largest absolute Gasteiger partial charge is 0.344 e. The molecular weight excluding hydrogens is 440 g/mol. The van der Waals surface area contributed by atoms with Gasteiger partial charge in [0, 0.05) is 34.9 Å². The van der Waals surface area contributed by atoms with E-state index in [0.29, 0.717) is 5.56 Å². The van der Waals surface area contributed by atoms with Gasteiger partial charge in [-0.2, -0.15) is 5.10 Å². The number of hydrogen-bond donors (Lipinski definition) is 2. The molecule has 0 aliphatic carbocycles. The minimum absolute atomic E-state index is 0.0436. The van der Waals surface area contributed by atoms with Crippen LogP contribution in [0, 0.1) is 6.92 Å². The Kier molecular flexibility index (Phi) is 6.35. The summed E-state index contributed by atoms with van der Waals surface area (Å²) in [5.74, 6) is -0.0436. The summed E-state index contributed by atoms with van der Waals surface area (Å²) in [6.07, 6.45) is 7.27. The molecule has 6 heteroatoms. The second-order valence-electron chi connectivity index (χ2n) is 7.95. The second-order valence-corrected chi connectivity index (χ2v) is 8.80. The Hall–Kier alpha value is -2.44. The number of rotatable bonds is 5. The van der Waals surface area contributed by atoms with Crippen LogP contribution in [0.2, 0.25) is 0 Å². The molecule has 2 aromatic carbocycles. The molecule has 0 unspecified atom stereocenters. The molecule has 1 fully saturated rings. The summed E-state index contributed by atoms with van der Waals surface area (Å²) < 4.78 is 2.75. The molecule has 1 amide bonds. The van der Waals surface area contributed by atoms with Crippen molar-refractivity contribution in [2.24, 2.45) is 7.05 Å². The molecule has 1 aromatic heterocycles. The Morgan fingerprint density at radius 3 is 2.80 bits per heavy atom. The molecule has 4 rings (SSSR count). The third kappa shape index (κ3) is 4.50. The molecule has 2 heterocycles. The zero-order chi connectivity index (χ0) is 21.1. The first-order valence-corrected chi connectivity index (χ1v) is 11.2. The van der Waals surface area contributed by atoms with Crippen molar-refractivity contribution in [2.45, 2.75) is 38.3 Å². The first kappa shape index (κ1) is 20.8. The van der Waals surface area contributed by atoms with Crippen molar-refractivity contribution in [1.82, 2.24) is 20.4 Å². The summed E-state index contributed by atoms with van der Waals surface area (Å²) in [5.41, 5.74) is 4.94. The van der Waals surface area contributed by atoms with Crippen LogP contribution in [0.4, 0.5) is 0 Å². The molecule has 0 radical (unpaired) electrons. The van der Waals surface area contributed by atoms with Crippen LogP contribution in [0.3, 0.4) is 0 Å². The number of hydrogen-bond acceptors (Lipinski definition) is 3. The van der Waals surface area contributed by atoms with Gasteiger partial charge in [-0.05, 0) is 61.2 Å². The van der Waals surface area contributed by atoms with E-state index < -0.39 is 0 Å². The van der Waals surface area contributed by atoms with Crippen molar-refractivity contribution < 1.29 is 4.79 Å². The maximum atomic E-state index is 13.2. The van der Waals surface area contributed by atoms with Gasteiger partial charge in [-0.25, -0.2) is 0 Å². The van der Waals surface area contributed by atoms with E-state index in [2.05, 4.69) is 55.9 Å². The van der Waals surface area contributed by atoms with E-state index in [-0.39, 0.29) is 18.0 Å². The Morgan fingerprint density at radius 1 is 1.23 bits per heavy atom. The summed E-state index contributed by atoms with van der Waals surface area (Å²) in [4.78, 5) is 13.2. The van der Waals surface area contributed by atoms with Gasteiger partial charge in [-0.15, -0.1) is 0 Å². The van der Waals surface area contributed by atoms with Crippen molar-refractivity contribution in [3.05, 3.63) is 76.0 Å². The lowest BCUT2D eigenvalue weighted by atomic mass is 9.90. The minimum Gasteiger partial charge on any atom is -0.344 e. The van der Waals surface area contributed by atoms with Crippen molar-refractivity contribution in [3.63, 3.8) is 0 Å². The van der Waals surface area contributed by atoms with Crippen molar-refractivity contribution in [2.75, 3.05) is 6.54 Å². The molecule has 1 saturated heterocycles. The Bertz CT molecular complexity index is 1040. The lowest BCUT2D eigenvalue weighted by Gasteiger charge is -2.32. The summed E-state index contributed by atoms with van der Waals surface area (Å²) in [6, 6.07) is 14.3. The molecule has 0 saturated carbocycles. The molecular formula is C24H27BrN4O. The molecule has 3 aromatic rings. The molecule has 5 nitrogen and oxygen atoms in total. The zero-order valence-corrected chi connectivity index (χ0v) is 18.9. The van der Waals surface area contributed by atoms with E-state index in [4.69, 9.17) is 0 Å². The molecule has 2 atom stereocenters. The van der Waals surface area contributed by atoms with Crippen LogP contribution in [0.5, 0.6) is 0 Å². The number of carbonyl (C=O) groups is 1. The smallest absolute Gasteiger partial charge is 0.252 e. The summed E-state index contributed by atoms with van der Waals surface area (Å²) >= 11 is 3.54. The Labute approximate surface area is 186 Å². The highest BCUT2D eigenvalue weighted by Gasteiger charge is 2.27. The summed E-state index contributed by atoms with van der Waals surface area (Å²) in [6.45, 7) is 2.95. The molecule has 30 heavy (non-hydrogen) atoms. The van der Waals surface area contributed by atoms with Gasteiger partial charge in [-0.1, -0.05) is 46.6 Å². The predicted octanol–water partition coefficient (Wildman–Crippen LogP) is 4.77. The third-order valence-electron chi connectivity index (χ3n) is 5.83. The van der Waals surface area contributed by atoms with E-state index in [0.717, 1.165) is 39.7 Å². The second kappa shape index (κ2) is 9.14. The van der Waals surface area contributed by atoms with Gasteiger partial charge in [0.25, 0.3) is 5.91 Å². The lowest BCUT2D eigenvalue weighted by molar-refractivity contribution is 0.0922. The van der Waals surface area contributed by atoms with Gasteiger partial charge in [0.15, 0.2) is 0 Å².